The molecular formula is C11H14N2O2. The first-order valence-electron chi connectivity index (χ1n) is 4.98. The fraction of sp³-hybridized carbons (Fsp3) is 0.364. The minimum atomic E-state index is 0.00501. The largest absolute Gasteiger partial charge is 0.494 e. The van der Waals surface area contributed by atoms with Crippen LogP contribution in [0.2, 0.25) is 0 Å². The van der Waals surface area contributed by atoms with Crippen LogP contribution >= 0.6 is 0 Å². The molecule has 1 heterocycles. The number of rotatable bonds is 3. The number of benzene rings is 1. The summed E-state index contributed by atoms with van der Waals surface area (Å²) >= 11 is 0. The minimum absolute atomic E-state index is 0.00501. The Kier molecular flexibility index (Phi) is 2.76. The van der Waals surface area contributed by atoms with Crippen LogP contribution in [0.15, 0.2) is 29.3 Å². The number of aliphatic imine (C=N–C) groups is 1. The maximum absolute atomic E-state index is 5.46. The predicted molar refractivity (Wildman–Crippen MR) is 57.9 cm³/mol. The summed E-state index contributed by atoms with van der Waals surface area (Å²) in [6.45, 7) is 3.14. The molecule has 80 valence electrons. The molecule has 2 N–H and O–H groups in total. The lowest BCUT2D eigenvalue weighted by Gasteiger charge is -2.08. The van der Waals surface area contributed by atoms with Crippen LogP contribution in [-0.4, -0.2) is 19.2 Å². The second-order valence-corrected chi connectivity index (χ2v) is 3.30. The summed E-state index contributed by atoms with van der Waals surface area (Å²) in [7, 11) is 0. The third-order valence-corrected chi connectivity index (χ3v) is 2.23. The average molecular weight is 206 g/mol. The first kappa shape index (κ1) is 9.83. The van der Waals surface area contributed by atoms with Crippen LogP contribution in [0, 0.1) is 0 Å². The zero-order chi connectivity index (χ0) is 10.7. The lowest BCUT2D eigenvalue weighted by molar-refractivity contribution is 0.313. The van der Waals surface area contributed by atoms with E-state index in [0.717, 1.165) is 11.3 Å². The Bertz CT molecular complexity index is 377. The highest BCUT2D eigenvalue weighted by Gasteiger charge is 2.18. The van der Waals surface area contributed by atoms with Crippen LogP contribution < -0.4 is 10.5 Å². The van der Waals surface area contributed by atoms with Crippen molar-refractivity contribution in [3.05, 3.63) is 29.8 Å². The van der Waals surface area contributed by atoms with Crippen LogP contribution in [0.1, 0.15) is 18.5 Å². The van der Waals surface area contributed by atoms with Gasteiger partial charge < -0.3 is 15.2 Å². The number of hydrogen-bond donors (Lipinski definition) is 1. The first-order valence-corrected chi connectivity index (χ1v) is 4.98. The van der Waals surface area contributed by atoms with Gasteiger partial charge >= 0.3 is 0 Å². The molecule has 1 aliphatic heterocycles. The molecule has 0 radical (unpaired) electrons. The van der Waals surface area contributed by atoms with Crippen LogP contribution in [0.3, 0.4) is 0 Å². The zero-order valence-electron chi connectivity index (χ0n) is 8.64. The summed E-state index contributed by atoms with van der Waals surface area (Å²) in [6.07, 6.45) is 0. The summed E-state index contributed by atoms with van der Waals surface area (Å²) in [5.41, 5.74) is 6.53. The molecule has 0 aliphatic carbocycles. The molecule has 0 fully saturated rings. The number of nitrogens with two attached hydrogens (primary N) is 1. The van der Waals surface area contributed by atoms with E-state index in [2.05, 4.69) is 4.99 Å². The molecule has 0 saturated heterocycles. The molecule has 4 nitrogen and oxygen atoms in total. The van der Waals surface area contributed by atoms with Crippen molar-refractivity contribution in [3.63, 3.8) is 0 Å². The standard InChI is InChI=1S/C11H14N2O2/c1-2-14-9-5-3-4-8(6-9)10-7-15-11(12)13-10/h3-6,10H,2,7H2,1H3,(H2,12,13). The van der Waals surface area contributed by atoms with E-state index in [1.807, 2.05) is 31.2 Å². The van der Waals surface area contributed by atoms with Crippen molar-refractivity contribution < 1.29 is 9.47 Å². The Balaban J connectivity index is 2.18. The molecule has 2 rings (SSSR count). The van der Waals surface area contributed by atoms with E-state index in [1.54, 1.807) is 0 Å². The number of nitrogens with zero attached hydrogens (tertiary/aromatic N) is 1. The summed E-state index contributed by atoms with van der Waals surface area (Å²) < 4.78 is 10.5. The van der Waals surface area contributed by atoms with E-state index < -0.39 is 0 Å². The summed E-state index contributed by atoms with van der Waals surface area (Å²) in [4.78, 5) is 4.18. The average Bonchev–Trinajstić information content (AvgIpc) is 2.66. The highest BCUT2D eigenvalue weighted by Crippen LogP contribution is 2.25. The third kappa shape index (κ3) is 2.21. The lowest BCUT2D eigenvalue weighted by Crippen LogP contribution is -2.10. The molecule has 0 spiro atoms. The Hall–Kier alpha value is -1.71. The van der Waals surface area contributed by atoms with Gasteiger partial charge in [-0.3, -0.25) is 0 Å². The molecule has 1 aromatic rings. The summed E-state index contributed by atoms with van der Waals surface area (Å²) in [5, 5.41) is 0. The number of amidine groups is 1. The fourth-order valence-electron chi connectivity index (χ4n) is 1.54. The van der Waals surface area contributed by atoms with Gasteiger partial charge in [0, 0.05) is 0 Å². The summed E-state index contributed by atoms with van der Waals surface area (Å²) in [6, 6.07) is 8.12. The van der Waals surface area contributed by atoms with Crippen LogP contribution in [-0.2, 0) is 4.74 Å². The van der Waals surface area contributed by atoms with E-state index in [0.29, 0.717) is 13.2 Å². The van der Waals surface area contributed by atoms with Gasteiger partial charge in [0.1, 0.15) is 18.4 Å². The van der Waals surface area contributed by atoms with Gasteiger partial charge in [0.25, 0.3) is 6.02 Å². The van der Waals surface area contributed by atoms with Crippen LogP contribution in [0.4, 0.5) is 0 Å². The molecule has 1 unspecified atom stereocenters. The highest BCUT2D eigenvalue weighted by molar-refractivity contribution is 5.73. The SMILES string of the molecule is CCOc1cccc(C2COC(N)=N2)c1. The topological polar surface area (TPSA) is 56.8 Å². The monoisotopic (exact) mass is 206 g/mol. The van der Waals surface area contributed by atoms with E-state index >= 15 is 0 Å². The normalized spacial score (nSPS) is 19.5. The van der Waals surface area contributed by atoms with Gasteiger partial charge in [0.2, 0.25) is 0 Å². The Morgan fingerprint density at radius 1 is 1.60 bits per heavy atom. The van der Waals surface area contributed by atoms with E-state index in [9.17, 15) is 0 Å². The smallest absolute Gasteiger partial charge is 0.282 e. The van der Waals surface area contributed by atoms with Crippen molar-refractivity contribution in [1.29, 1.82) is 0 Å². The Morgan fingerprint density at radius 2 is 2.47 bits per heavy atom. The predicted octanol–water partition coefficient (Wildman–Crippen LogP) is 1.47. The van der Waals surface area contributed by atoms with Gasteiger partial charge in [-0.25, -0.2) is 4.99 Å². The maximum atomic E-state index is 5.46. The molecule has 0 bridgehead atoms. The van der Waals surface area contributed by atoms with Crippen LogP contribution in [0.5, 0.6) is 5.75 Å². The minimum Gasteiger partial charge on any atom is -0.494 e. The highest BCUT2D eigenvalue weighted by atomic mass is 16.5. The van der Waals surface area contributed by atoms with Gasteiger partial charge in [0.05, 0.1) is 6.61 Å². The van der Waals surface area contributed by atoms with Crippen molar-refractivity contribution >= 4 is 6.02 Å². The molecule has 15 heavy (non-hydrogen) atoms. The van der Waals surface area contributed by atoms with Crippen molar-refractivity contribution in [3.8, 4) is 5.75 Å². The Morgan fingerprint density at radius 3 is 3.13 bits per heavy atom. The molecule has 0 aromatic heterocycles. The number of ether oxygens (including phenoxy) is 2. The Labute approximate surface area is 88.7 Å². The molecular weight excluding hydrogens is 192 g/mol. The first-order chi connectivity index (χ1) is 7.29. The molecule has 0 saturated carbocycles. The molecule has 1 atom stereocenters. The van der Waals surface area contributed by atoms with Gasteiger partial charge in [-0.1, -0.05) is 12.1 Å². The third-order valence-electron chi connectivity index (χ3n) is 2.23. The lowest BCUT2D eigenvalue weighted by atomic mass is 10.1. The second-order valence-electron chi connectivity index (χ2n) is 3.30. The van der Waals surface area contributed by atoms with Gasteiger partial charge in [-0.2, -0.15) is 0 Å². The van der Waals surface area contributed by atoms with E-state index in [-0.39, 0.29) is 12.1 Å². The molecule has 4 heteroatoms. The van der Waals surface area contributed by atoms with E-state index in [4.69, 9.17) is 15.2 Å². The molecule has 1 aromatic carbocycles. The van der Waals surface area contributed by atoms with Gasteiger partial charge in [0.15, 0.2) is 0 Å². The molecule has 0 amide bonds. The van der Waals surface area contributed by atoms with E-state index in [1.165, 1.54) is 0 Å². The van der Waals surface area contributed by atoms with Gasteiger partial charge in [-0.15, -0.1) is 0 Å². The van der Waals surface area contributed by atoms with Crippen molar-refractivity contribution in [2.45, 2.75) is 13.0 Å². The second kappa shape index (κ2) is 4.21. The van der Waals surface area contributed by atoms with Crippen molar-refractivity contribution in [1.82, 2.24) is 0 Å². The maximum Gasteiger partial charge on any atom is 0.282 e. The van der Waals surface area contributed by atoms with Crippen molar-refractivity contribution in [2.24, 2.45) is 10.7 Å². The van der Waals surface area contributed by atoms with Crippen molar-refractivity contribution in [2.75, 3.05) is 13.2 Å². The number of hydrogen-bond acceptors (Lipinski definition) is 4. The zero-order valence-corrected chi connectivity index (χ0v) is 8.64. The van der Waals surface area contributed by atoms with Gasteiger partial charge in [-0.05, 0) is 24.6 Å². The van der Waals surface area contributed by atoms with Crippen LogP contribution in [0.25, 0.3) is 0 Å². The summed E-state index contributed by atoms with van der Waals surface area (Å²) in [5.74, 6) is 0.857. The molecule has 1 aliphatic rings. The fourth-order valence-corrected chi connectivity index (χ4v) is 1.54. The quantitative estimate of drug-likeness (QED) is 0.814.